The Kier molecular flexibility index (Phi) is 5.65. The minimum absolute atomic E-state index is 0.0836. The molecule has 4 heterocycles. The summed E-state index contributed by atoms with van der Waals surface area (Å²) < 4.78 is 0. The minimum atomic E-state index is -0.579. The summed E-state index contributed by atoms with van der Waals surface area (Å²) in [6, 6.07) is 12.6. The van der Waals surface area contributed by atoms with Gasteiger partial charge in [-0.1, -0.05) is 11.6 Å². The zero-order valence-corrected chi connectivity index (χ0v) is 20.2. The minimum Gasteiger partial charge on any atom is -0.367 e. The number of carbonyl (C=O) groups is 2. The van der Waals surface area contributed by atoms with E-state index in [0.717, 1.165) is 11.3 Å². The van der Waals surface area contributed by atoms with Crippen molar-refractivity contribution in [2.75, 3.05) is 36.0 Å². The van der Waals surface area contributed by atoms with Crippen LogP contribution < -0.4 is 9.80 Å². The van der Waals surface area contributed by atoms with Gasteiger partial charge in [-0.05, 0) is 55.8 Å². The molecule has 0 radical (unpaired) electrons. The van der Waals surface area contributed by atoms with E-state index >= 15 is 0 Å². The van der Waals surface area contributed by atoms with Crippen molar-refractivity contribution in [3.63, 3.8) is 0 Å². The number of fused-ring (bicyclic) bond motifs is 1. The molecule has 3 aromatic rings. The van der Waals surface area contributed by atoms with Crippen molar-refractivity contribution in [3.8, 4) is 6.07 Å². The van der Waals surface area contributed by atoms with Crippen LogP contribution in [0.25, 0.3) is 0 Å². The second kappa shape index (κ2) is 8.67. The number of benzene rings is 1. The van der Waals surface area contributed by atoms with Crippen LogP contribution in [0.5, 0.6) is 0 Å². The number of halogens is 1. The molecule has 2 aliphatic rings. The van der Waals surface area contributed by atoms with Gasteiger partial charge in [0.1, 0.15) is 11.8 Å². The highest BCUT2D eigenvalue weighted by Crippen LogP contribution is 2.43. The van der Waals surface area contributed by atoms with Gasteiger partial charge < -0.3 is 9.80 Å². The first-order valence-corrected chi connectivity index (χ1v) is 11.7. The molecule has 5 rings (SSSR count). The summed E-state index contributed by atoms with van der Waals surface area (Å²) in [5, 5.41) is 9.88. The van der Waals surface area contributed by atoms with Gasteiger partial charge in [0.25, 0.3) is 11.8 Å². The largest absolute Gasteiger partial charge is 0.367 e. The molecule has 9 heteroatoms. The number of aromatic nitrogens is 2. The average Bonchev–Trinajstić information content (AvgIpc) is 3.07. The summed E-state index contributed by atoms with van der Waals surface area (Å²) in [4.78, 5) is 40.4. The monoisotopic (exact) mass is 486 g/mol. The van der Waals surface area contributed by atoms with Crippen LogP contribution >= 0.6 is 11.6 Å². The fraction of sp³-hybridized carbons (Fsp3) is 0.269. The molecular formula is C26H23ClN6O2. The van der Waals surface area contributed by atoms with Gasteiger partial charge in [0, 0.05) is 43.0 Å². The van der Waals surface area contributed by atoms with Crippen LogP contribution in [-0.2, 0) is 5.54 Å². The van der Waals surface area contributed by atoms with Gasteiger partial charge in [-0.15, -0.1) is 0 Å². The predicted molar refractivity (Wildman–Crippen MR) is 133 cm³/mol. The van der Waals surface area contributed by atoms with Crippen molar-refractivity contribution in [3.05, 3.63) is 82.4 Å². The van der Waals surface area contributed by atoms with Crippen molar-refractivity contribution < 1.29 is 9.59 Å². The first-order valence-electron chi connectivity index (χ1n) is 11.3. The Morgan fingerprint density at radius 3 is 2.57 bits per heavy atom. The van der Waals surface area contributed by atoms with Crippen molar-refractivity contribution in [1.29, 1.82) is 5.26 Å². The topological polar surface area (TPSA) is 93.4 Å². The average molecular weight is 487 g/mol. The summed E-state index contributed by atoms with van der Waals surface area (Å²) in [5.41, 5.74) is 2.99. The van der Waals surface area contributed by atoms with Crippen molar-refractivity contribution in [2.24, 2.45) is 0 Å². The van der Waals surface area contributed by atoms with Crippen LogP contribution in [0, 0.1) is 11.3 Å². The normalized spacial score (nSPS) is 16.7. The van der Waals surface area contributed by atoms with Crippen molar-refractivity contribution in [2.45, 2.75) is 19.4 Å². The highest BCUT2D eigenvalue weighted by Gasteiger charge is 2.44. The van der Waals surface area contributed by atoms with Crippen LogP contribution in [0.4, 0.5) is 11.4 Å². The SMILES string of the molecule is CC1(C)c2cc(Cl)ccc2C(=O)N1c1cncc(N2CCN(C(=O)c3ncccc3C#N)CC2)c1. The summed E-state index contributed by atoms with van der Waals surface area (Å²) in [7, 11) is 0. The highest BCUT2D eigenvalue weighted by atomic mass is 35.5. The van der Waals surface area contributed by atoms with Crippen LogP contribution in [0.1, 0.15) is 45.8 Å². The zero-order valence-electron chi connectivity index (χ0n) is 19.4. The summed E-state index contributed by atoms with van der Waals surface area (Å²) >= 11 is 6.21. The van der Waals surface area contributed by atoms with E-state index in [9.17, 15) is 14.9 Å². The first-order chi connectivity index (χ1) is 16.8. The summed E-state index contributed by atoms with van der Waals surface area (Å²) in [6.45, 7) is 6.16. The lowest BCUT2D eigenvalue weighted by molar-refractivity contribution is 0.0740. The third-order valence-corrected chi connectivity index (χ3v) is 6.90. The number of nitriles is 1. The highest BCUT2D eigenvalue weighted by molar-refractivity contribution is 6.31. The Morgan fingerprint density at radius 2 is 1.83 bits per heavy atom. The smallest absolute Gasteiger partial charge is 0.273 e. The fourth-order valence-electron chi connectivity index (χ4n) is 4.84. The number of hydrogen-bond donors (Lipinski definition) is 0. The number of amides is 2. The van der Waals surface area contributed by atoms with E-state index in [-0.39, 0.29) is 23.1 Å². The van der Waals surface area contributed by atoms with E-state index in [1.54, 1.807) is 46.5 Å². The number of nitrogens with zero attached hydrogens (tertiary/aromatic N) is 6. The number of anilines is 2. The molecule has 0 aliphatic carbocycles. The Hall–Kier alpha value is -3.96. The molecule has 1 saturated heterocycles. The van der Waals surface area contributed by atoms with Gasteiger partial charge in [-0.25, -0.2) is 4.98 Å². The van der Waals surface area contributed by atoms with Gasteiger partial charge in [-0.2, -0.15) is 5.26 Å². The molecule has 0 spiro atoms. The molecule has 176 valence electrons. The Bertz CT molecular complexity index is 1370. The Morgan fingerprint density at radius 1 is 1.09 bits per heavy atom. The van der Waals surface area contributed by atoms with Gasteiger partial charge >= 0.3 is 0 Å². The van der Waals surface area contributed by atoms with E-state index in [2.05, 4.69) is 14.9 Å². The lowest BCUT2D eigenvalue weighted by Crippen LogP contribution is -2.49. The first kappa shape index (κ1) is 22.8. The molecule has 0 unspecified atom stereocenters. The third-order valence-electron chi connectivity index (χ3n) is 6.66. The van der Waals surface area contributed by atoms with E-state index < -0.39 is 5.54 Å². The van der Waals surface area contributed by atoms with Crippen molar-refractivity contribution in [1.82, 2.24) is 14.9 Å². The number of carbonyl (C=O) groups excluding carboxylic acids is 2. The Balaban J connectivity index is 1.34. The quantitative estimate of drug-likeness (QED) is 0.558. The maximum atomic E-state index is 13.3. The number of hydrogen-bond acceptors (Lipinski definition) is 6. The lowest BCUT2D eigenvalue weighted by Gasteiger charge is -2.37. The van der Waals surface area contributed by atoms with Gasteiger partial charge in [0.15, 0.2) is 0 Å². The molecule has 1 aromatic carbocycles. The van der Waals surface area contributed by atoms with Gasteiger partial charge in [-0.3, -0.25) is 19.5 Å². The fourth-order valence-corrected chi connectivity index (χ4v) is 5.01. The van der Waals surface area contributed by atoms with Crippen LogP contribution in [0.3, 0.4) is 0 Å². The molecule has 8 nitrogen and oxygen atoms in total. The zero-order chi connectivity index (χ0) is 24.7. The van der Waals surface area contributed by atoms with Crippen LogP contribution in [-0.4, -0.2) is 52.9 Å². The third kappa shape index (κ3) is 3.88. The van der Waals surface area contributed by atoms with Gasteiger partial charge in [0.2, 0.25) is 0 Å². The molecule has 0 atom stereocenters. The number of pyridine rings is 2. The molecule has 2 aromatic heterocycles. The van der Waals surface area contributed by atoms with Crippen LogP contribution in [0.2, 0.25) is 5.02 Å². The number of piperazine rings is 1. The van der Waals surface area contributed by atoms with E-state index in [0.29, 0.717) is 42.5 Å². The standard InChI is InChI=1S/C26H23ClN6O2/c1-26(2)22-12-18(27)5-6-21(22)24(34)33(26)20-13-19(15-29-16-20)31-8-10-32(11-9-31)25(35)23-17(14-28)4-3-7-30-23/h3-7,12-13,15-16H,8-11H2,1-2H3. The molecule has 0 bridgehead atoms. The van der Waals surface area contributed by atoms with E-state index in [1.165, 1.54) is 6.20 Å². The predicted octanol–water partition coefficient (Wildman–Crippen LogP) is 3.86. The van der Waals surface area contributed by atoms with Crippen LogP contribution in [0.15, 0.2) is 55.0 Å². The number of rotatable bonds is 3. The molecule has 35 heavy (non-hydrogen) atoms. The Labute approximate surface area is 208 Å². The molecule has 0 saturated carbocycles. The summed E-state index contributed by atoms with van der Waals surface area (Å²) in [5.74, 6) is -0.325. The van der Waals surface area contributed by atoms with E-state index in [1.807, 2.05) is 32.0 Å². The summed E-state index contributed by atoms with van der Waals surface area (Å²) in [6.07, 6.45) is 4.99. The maximum Gasteiger partial charge on any atom is 0.273 e. The molecule has 2 amide bonds. The lowest BCUT2D eigenvalue weighted by atomic mass is 9.93. The van der Waals surface area contributed by atoms with Crippen molar-refractivity contribution >= 4 is 34.8 Å². The molecule has 0 N–H and O–H groups in total. The molecule has 2 aliphatic heterocycles. The maximum absolute atomic E-state index is 13.3. The second-order valence-electron chi connectivity index (χ2n) is 9.08. The molecule has 1 fully saturated rings. The second-order valence-corrected chi connectivity index (χ2v) is 9.52. The molecular weight excluding hydrogens is 464 g/mol. The van der Waals surface area contributed by atoms with E-state index in [4.69, 9.17) is 11.6 Å². The van der Waals surface area contributed by atoms with Gasteiger partial charge in [0.05, 0.1) is 34.9 Å².